The summed E-state index contributed by atoms with van der Waals surface area (Å²) in [6.07, 6.45) is 0.421. The summed E-state index contributed by atoms with van der Waals surface area (Å²) in [6, 6.07) is 14.5. The Balaban J connectivity index is 1.72. The zero-order valence-corrected chi connectivity index (χ0v) is 16.0. The van der Waals surface area contributed by atoms with Crippen LogP contribution < -0.4 is 20.1 Å². The molecule has 2 amide bonds. The Labute approximate surface area is 159 Å². The van der Waals surface area contributed by atoms with Crippen molar-refractivity contribution in [2.45, 2.75) is 33.2 Å². The molecule has 0 fully saturated rings. The molecule has 1 atom stereocenters. The van der Waals surface area contributed by atoms with Gasteiger partial charge in [0, 0.05) is 12.1 Å². The van der Waals surface area contributed by atoms with Crippen LogP contribution in [0, 0.1) is 6.92 Å². The van der Waals surface area contributed by atoms with E-state index in [1.807, 2.05) is 38.1 Å². The molecule has 2 N–H and O–H groups in total. The molecule has 0 aromatic heterocycles. The lowest BCUT2D eigenvalue weighted by molar-refractivity contribution is -0.124. The number of nitrogens with one attached hydrogen (secondary N) is 2. The zero-order chi connectivity index (χ0) is 19.6. The van der Waals surface area contributed by atoms with Crippen molar-refractivity contribution < 1.29 is 19.1 Å². The average Bonchev–Trinajstić information content (AvgIpc) is 2.66. The maximum absolute atomic E-state index is 12.0. The first-order valence-electron chi connectivity index (χ1n) is 8.98. The number of aryl methyl sites for hydroxylation is 1. The van der Waals surface area contributed by atoms with Crippen LogP contribution in [0.3, 0.4) is 0 Å². The summed E-state index contributed by atoms with van der Waals surface area (Å²) in [7, 11) is 0. The van der Waals surface area contributed by atoms with Crippen molar-refractivity contribution in [1.29, 1.82) is 0 Å². The maximum Gasteiger partial charge on any atom is 0.258 e. The third-order valence-corrected chi connectivity index (χ3v) is 3.82. The second kappa shape index (κ2) is 10.2. The van der Waals surface area contributed by atoms with Crippen LogP contribution in [0.25, 0.3) is 0 Å². The van der Waals surface area contributed by atoms with Gasteiger partial charge in [0.2, 0.25) is 5.91 Å². The number of hydrogen-bond donors (Lipinski definition) is 2. The predicted molar refractivity (Wildman–Crippen MR) is 105 cm³/mol. The van der Waals surface area contributed by atoms with Crippen LogP contribution in [0.15, 0.2) is 48.5 Å². The lowest BCUT2D eigenvalue weighted by Gasteiger charge is -2.16. The minimum atomic E-state index is -0.223. The van der Waals surface area contributed by atoms with Crippen LogP contribution in [0.5, 0.6) is 11.5 Å². The number of ether oxygens (including phenoxy) is 2. The summed E-state index contributed by atoms with van der Waals surface area (Å²) < 4.78 is 11.2. The molecule has 2 rings (SSSR count). The molecule has 2 aromatic carbocycles. The van der Waals surface area contributed by atoms with Crippen molar-refractivity contribution in [2.24, 2.45) is 0 Å². The Morgan fingerprint density at radius 3 is 2.37 bits per heavy atom. The van der Waals surface area contributed by atoms with E-state index in [1.165, 1.54) is 0 Å². The molecule has 0 heterocycles. The van der Waals surface area contributed by atoms with Gasteiger partial charge in [-0.25, -0.2) is 0 Å². The van der Waals surface area contributed by atoms with E-state index in [2.05, 4.69) is 10.6 Å². The quantitative estimate of drug-likeness (QED) is 0.710. The van der Waals surface area contributed by atoms with Gasteiger partial charge in [-0.05, 0) is 49.7 Å². The van der Waals surface area contributed by atoms with E-state index in [4.69, 9.17) is 9.47 Å². The maximum atomic E-state index is 12.0. The molecule has 0 bridgehead atoms. The van der Waals surface area contributed by atoms with Gasteiger partial charge in [0.15, 0.2) is 6.61 Å². The predicted octanol–water partition coefficient (Wildman–Crippen LogP) is 3.31. The van der Waals surface area contributed by atoms with E-state index in [1.54, 1.807) is 31.2 Å². The summed E-state index contributed by atoms with van der Waals surface area (Å²) in [6.45, 7) is 5.93. The fourth-order valence-corrected chi connectivity index (χ4v) is 2.32. The van der Waals surface area contributed by atoms with Gasteiger partial charge >= 0.3 is 0 Å². The van der Waals surface area contributed by atoms with Crippen molar-refractivity contribution >= 4 is 17.5 Å². The summed E-state index contributed by atoms with van der Waals surface area (Å²) in [5.74, 6) is 1.10. The van der Waals surface area contributed by atoms with Crippen molar-refractivity contribution in [1.82, 2.24) is 5.32 Å². The van der Waals surface area contributed by atoms with Gasteiger partial charge in [-0.2, -0.15) is 0 Å². The molecule has 0 radical (unpaired) electrons. The molecule has 0 spiro atoms. The van der Waals surface area contributed by atoms with E-state index in [9.17, 15) is 9.59 Å². The summed E-state index contributed by atoms with van der Waals surface area (Å²) in [4.78, 5) is 23.3. The number of carbonyl (C=O) groups is 2. The highest BCUT2D eigenvalue weighted by atomic mass is 16.5. The number of benzene rings is 2. The van der Waals surface area contributed by atoms with Crippen LogP contribution in [0.1, 0.15) is 25.8 Å². The topological polar surface area (TPSA) is 76.7 Å². The SMILES string of the molecule is CCC(=O)Nc1ccc(OCC(=O)NC(C)COc2ccccc2C)cc1. The molecule has 6 heteroatoms. The number of carbonyl (C=O) groups excluding carboxylic acids is 2. The molecule has 0 saturated carbocycles. The molecular weight excluding hydrogens is 344 g/mol. The summed E-state index contributed by atoms with van der Waals surface area (Å²) >= 11 is 0. The molecule has 27 heavy (non-hydrogen) atoms. The number of amides is 2. The second-order valence-electron chi connectivity index (χ2n) is 6.26. The molecule has 144 valence electrons. The fraction of sp³-hybridized carbons (Fsp3) is 0.333. The minimum absolute atomic E-state index is 0.0510. The number of anilines is 1. The first-order chi connectivity index (χ1) is 13.0. The third kappa shape index (κ3) is 7.01. The third-order valence-electron chi connectivity index (χ3n) is 3.82. The Kier molecular flexibility index (Phi) is 7.67. The van der Waals surface area contributed by atoms with E-state index >= 15 is 0 Å². The molecular formula is C21H26N2O4. The summed E-state index contributed by atoms with van der Waals surface area (Å²) in [5.41, 5.74) is 1.75. The Hall–Kier alpha value is -3.02. The smallest absolute Gasteiger partial charge is 0.258 e. The van der Waals surface area contributed by atoms with Crippen molar-refractivity contribution in [2.75, 3.05) is 18.5 Å². The van der Waals surface area contributed by atoms with Crippen LogP contribution in [0.2, 0.25) is 0 Å². The summed E-state index contributed by atoms with van der Waals surface area (Å²) in [5, 5.41) is 5.59. The normalized spacial score (nSPS) is 11.4. The fourth-order valence-electron chi connectivity index (χ4n) is 2.32. The van der Waals surface area contributed by atoms with E-state index in [-0.39, 0.29) is 24.5 Å². The van der Waals surface area contributed by atoms with E-state index in [0.29, 0.717) is 24.5 Å². The molecule has 0 saturated heterocycles. The second-order valence-corrected chi connectivity index (χ2v) is 6.26. The van der Waals surface area contributed by atoms with E-state index < -0.39 is 0 Å². The van der Waals surface area contributed by atoms with Gasteiger partial charge in [0.25, 0.3) is 5.91 Å². The monoisotopic (exact) mass is 370 g/mol. The highest BCUT2D eigenvalue weighted by Gasteiger charge is 2.10. The molecule has 6 nitrogen and oxygen atoms in total. The highest BCUT2D eigenvalue weighted by Crippen LogP contribution is 2.17. The number of para-hydroxylation sites is 1. The molecule has 0 aliphatic carbocycles. The van der Waals surface area contributed by atoms with Gasteiger partial charge in [0.1, 0.15) is 18.1 Å². The van der Waals surface area contributed by atoms with Crippen molar-refractivity contribution in [3.05, 3.63) is 54.1 Å². The average molecular weight is 370 g/mol. The van der Waals surface area contributed by atoms with Crippen molar-refractivity contribution in [3.63, 3.8) is 0 Å². The molecule has 1 unspecified atom stereocenters. The molecule has 2 aromatic rings. The van der Waals surface area contributed by atoms with Crippen LogP contribution >= 0.6 is 0 Å². The van der Waals surface area contributed by atoms with Crippen LogP contribution in [-0.4, -0.2) is 31.1 Å². The lowest BCUT2D eigenvalue weighted by Crippen LogP contribution is -2.39. The lowest BCUT2D eigenvalue weighted by atomic mass is 10.2. The van der Waals surface area contributed by atoms with Gasteiger partial charge in [-0.1, -0.05) is 25.1 Å². The molecule has 0 aliphatic rings. The minimum Gasteiger partial charge on any atom is -0.491 e. The largest absolute Gasteiger partial charge is 0.491 e. The molecule has 0 aliphatic heterocycles. The first kappa shape index (κ1) is 20.3. The zero-order valence-electron chi connectivity index (χ0n) is 16.0. The van der Waals surface area contributed by atoms with E-state index in [0.717, 1.165) is 11.3 Å². The highest BCUT2D eigenvalue weighted by molar-refractivity contribution is 5.90. The first-order valence-corrected chi connectivity index (χ1v) is 8.98. The Morgan fingerprint density at radius 2 is 1.70 bits per heavy atom. The van der Waals surface area contributed by atoms with Crippen molar-refractivity contribution in [3.8, 4) is 11.5 Å². The van der Waals surface area contributed by atoms with Crippen LogP contribution in [0.4, 0.5) is 5.69 Å². The van der Waals surface area contributed by atoms with Gasteiger partial charge < -0.3 is 20.1 Å². The van der Waals surface area contributed by atoms with Gasteiger partial charge in [-0.3, -0.25) is 9.59 Å². The van der Waals surface area contributed by atoms with Gasteiger partial charge in [0.05, 0.1) is 6.04 Å². The Bertz CT molecular complexity index is 759. The number of hydrogen-bond acceptors (Lipinski definition) is 4. The van der Waals surface area contributed by atoms with Gasteiger partial charge in [-0.15, -0.1) is 0 Å². The standard InChI is InChI=1S/C21H26N2O4/c1-4-20(24)23-17-9-11-18(12-10-17)26-14-21(25)22-16(3)13-27-19-8-6-5-7-15(19)2/h5-12,16H,4,13-14H2,1-3H3,(H,22,25)(H,23,24). The van der Waals surface area contributed by atoms with Crippen LogP contribution in [-0.2, 0) is 9.59 Å². The Morgan fingerprint density at radius 1 is 1.00 bits per heavy atom. The number of rotatable bonds is 9.